The Labute approximate surface area is 147 Å². The lowest BCUT2D eigenvalue weighted by molar-refractivity contribution is 0.193. The predicted octanol–water partition coefficient (Wildman–Crippen LogP) is 1.73. The number of nitrogens with zero attached hydrogens (tertiary/aromatic N) is 6. The minimum atomic E-state index is -0.0660. The molecule has 0 bridgehead atoms. The van der Waals surface area contributed by atoms with E-state index in [1.807, 2.05) is 11.6 Å². The van der Waals surface area contributed by atoms with E-state index >= 15 is 0 Å². The molecule has 3 heterocycles. The summed E-state index contributed by atoms with van der Waals surface area (Å²) < 4.78 is 7.40. The highest BCUT2D eigenvalue weighted by Crippen LogP contribution is 2.33. The zero-order valence-corrected chi connectivity index (χ0v) is 14.8. The van der Waals surface area contributed by atoms with Gasteiger partial charge in [0.15, 0.2) is 11.6 Å². The SMILES string of the molecule is Cn1c(CO)nnc1C1CCN(Cc2noc(C3CCCC3)n2)CC1. The molecule has 1 saturated heterocycles. The number of hydrogen-bond donors (Lipinski definition) is 1. The molecule has 0 spiro atoms. The Kier molecular flexibility index (Phi) is 4.80. The minimum Gasteiger partial charge on any atom is -0.388 e. The maximum absolute atomic E-state index is 9.26. The summed E-state index contributed by atoms with van der Waals surface area (Å²) in [4.78, 5) is 7.00. The maximum Gasteiger partial charge on any atom is 0.229 e. The fraction of sp³-hybridized carbons (Fsp3) is 0.765. The summed E-state index contributed by atoms with van der Waals surface area (Å²) in [5, 5.41) is 21.8. The van der Waals surface area contributed by atoms with Crippen LogP contribution in [-0.2, 0) is 20.2 Å². The molecular weight excluding hydrogens is 320 g/mol. The van der Waals surface area contributed by atoms with Crippen LogP contribution in [0.1, 0.15) is 73.7 Å². The van der Waals surface area contributed by atoms with Crippen LogP contribution in [0.25, 0.3) is 0 Å². The van der Waals surface area contributed by atoms with Gasteiger partial charge in [0.2, 0.25) is 5.89 Å². The fourth-order valence-electron chi connectivity index (χ4n) is 4.09. The lowest BCUT2D eigenvalue weighted by Crippen LogP contribution is -2.33. The second kappa shape index (κ2) is 7.21. The molecule has 0 radical (unpaired) electrons. The van der Waals surface area contributed by atoms with Crippen molar-refractivity contribution in [3.8, 4) is 0 Å². The van der Waals surface area contributed by atoms with Crippen LogP contribution in [0.15, 0.2) is 4.52 Å². The Morgan fingerprint density at radius 3 is 2.52 bits per heavy atom. The van der Waals surface area contributed by atoms with Gasteiger partial charge in [-0.25, -0.2) is 0 Å². The van der Waals surface area contributed by atoms with Crippen molar-refractivity contribution in [3.63, 3.8) is 0 Å². The number of hydrogen-bond acceptors (Lipinski definition) is 7. The molecule has 1 saturated carbocycles. The Hall–Kier alpha value is -1.80. The number of piperidine rings is 1. The van der Waals surface area contributed by atoms with Crippen LogP contribution in [0.5, 0.6) is 0 Å². The van der Waals surface area contributed by atoms with Gasteiger partial charge in [-0.2, -0.15) is 4.98 Å². The van der Waals surface area contributed by atoms with Gasteiger partial charge < -0.3 is 14.2 Å². The van der Waals surface area contributed by atoms with Crippen LogP contribution in [0.4, 0.5) is 0 Å². The standard InChI is InChI=1S/C17H26N6O2/c1-22-15(11-24)19-20-16(22)12-6-8-23(9-7-12)10-14-18-17(25-21-14)13-4-2-3-5-13/h12-13,24H,2-11H2,1H3. The van der Waals surface area contributed by atoms with Crippen LogP contribution in [0.3, 0.4) is 0 Å². The Morgan fingerprint density at radius 1 is 1.08 bits per heavy atom. The summed E-state index contributed by atoms with van der Waals surface area (Å²) >= 11 is 0. The van der Waals surface area contributed by atoms with Gasteiger partial charge >= 0.3 is 0 Å². The summed E-state index contributed by atoms with van der Waals surface area (Å²) in [6.07, 6.45) is 6.97. The molecular formula is C17H26N6O2. The predicted molar refractivity (Wildman–Crippen MR) is 89.7 cm³/mol. The summed E-state index contributed by atoms with van der Waals surface area (Å²) in [6.45, 7) is 2.66. The molecule has 136 valence electrons. The second-order valence-corrected chi connectivity index (χ2v) is 7.27. The van der Waals surface area contributed by atoms with Gasteiger partial charge in [-0.3, -0.25) is 4.90 Å². The lowest BCUT2D eigenvalue weighted by Gasteiger charge is -2.30. The fourth-order valence-corrected chi connectivity index (χ4v) is 4.09. The first-order valence-corrected chi connectivity index (χ1v) is 9.28. The molecule has 8 heteroatoms. The van der Waals surface area contributed by atoms with Gasteiger partial charge in [-0.1, -0.05) is 18.0 Å². The molecule has 0 amide bonds. The van der Waals surface area contributed by atoms with Gasteiger partial charge in [0.05, 0.1) is 6.54 Å². The summed E-state index contributed by atoms with van der Waals surface area (Å²) in [5.41, 5.74) is 0. The molecule has 0 unspecified atom stereocenters. The number of rotatable bonds is 5. The highest BCUT2D eigenvalue weighted by molar-refractivity contribution is 5.03. The molecule has 2 aliphatic rings. The maximum atomic E-state index is 9.26. The van der Waals surface area contributed by atoms with Gasteiger partial charge in [-0.15, -0.1) is 10.2 Å². The zero-order chi connectivity index (χ0) is 17.2. The van der Waals surface area contributed by atoms with Crippen molar-refractivity contribution in [1.29, 1.82) is 0 Å². The largest absolute Gasteiger partial charge is 0.388 e. The van der Waals surface area contributed by atoms with Crippen molar-refractivity contribution in [2.24, 2.45) is 7.05 Å². The Balaban J connectivity index is 1.32. The van der Waals surface area contributed by atoms with Crippen molar-refractivity contribution in [3.05, 3.63) is 23.4 Å². The van der Waals surface area contributed by atoms with E-state index in [2.05, 4.69) is 25.2 Å². The first-order chi connectivity index (χ1) is 12.2. The first-order valence-electron chi connectivity index (χ1n) is 9.28. The van der Waals surface area contributed by atoms with Crippen molar-refractivity contribution in [2.75, 3.05) is 13.1 Å². The lowest BCUT2D eigenvalue weighted by atomic mass is 9.96. The van der Waals surface area contributed by atoms with Gasteiger partial charge in [0, 0.05) is 18.9 Å². The van der Waals surface area contributed by atoms with Crippen molar-refractivity contribution < 1.29 is 9.63 Å². The van der Waals surface area contributed by atoms with E-state index in [0.717, 1.165) is 50.0 Å². The average molecular weight is 346 g/mol. The number of aromatic nitrogens is 5. The highest BCUT2D eigenvalue weighted by atomic mass is 16.5. The van der Waals surface area contributed by atoms with Crippen LogP contribution >= 0.6 is 0 Å². The summed E-state index contributed by atoms with van der Waals surface area (Å²) in [6, 6.07) is 0. The third-order valence-electron chi connectivity index (χ3n) is 5.65. The first kappa shape index (κ1) is 16.7. The molecule has 0 atom stereocenters. The molecule has 4 rings (SSSR count). The summed E-state index contributed by atoms with van der Waals surface area (Å²) in [5.74, 6) is 4.12. The molecule has 2 aromatic heterocycles. The molecule has 1 aliphatic carbocycles. The highest BCUT2D eigenvalue weighted by Gasteiger charge is 2.27. The normalized spacial score (nSPS) is 20.6. The summed E-state index contributed by atoms with van der Waals surface area (Å²) in [7, 11) is 1.93. The Bertz CT molecular complexity index is 698. The van der Waals surface area contributed by atoms with E-state index in [-0.39, 0.29) is 6.61 Å². The molecule has 2 fully saturated rings. The van der Waals surface area contributed by atoms with Crippen molar-refractivity contribution >= 4 is 0 Å². The van der Waals surface area contributed by atoms with Crippen LogP contribution < -0.4 is 0 Å². The van der Waals surface area contributed by atoms with Gasteiger partial charge in [0.25, 0.3) is 0 Å². The zero-order valence-electron chi connectivity index (χ0n) is 14.8. The third-order valence-corrected chi connectivity index (χ3v) is 5.65. The van der Waals surface area contributed by atoms with Crippen LogP contribution in [0.2, 0.25) is 0 Å². The van der Waals surface area contributed by atoms with E-state index in [4.69, 9.17) is 4.52 Å². The molecule has 25 heavy (non-hydrogen) atoms. The monoisotopic (exact) mass is 346 g/mol. The van der Waals surface area contributed by atoms with E-state index < -0.39 is 0 Å². The van der Waals surface area contributed by atoms with Crippen LogP contribution in [-0.4, -0.2) is 48.0 Å². The molecule has 8 nitrogen and oxygen atoms in total. The van der Waals surface area contributed by atoms with E-state index in [9.17, 15) is 5.11 Å². The molecule has 2 aromatic rings. The quantitative estimate of drug-likeness (QED) is 0.881. The van der Waals surface area contributed by atoms with E-state index in [1.165, 1.54) is 25.7 Å². The smallest absolute Gasteiger partial charge is 0.229 e. The molecule has 1 N–H and O–H groups in total. The van der Waals surface area contributed by atoms with E-state index in [0.29, 0.717) is 17.7 Å². The number of likely N-dealkylation sites (tertiary alicyclic amines) is 1. The average Bonchev–Trinajstić information content (AvgIpc) is 3.36. The second-order valence-electron chi connectivity index (χ2n) is 7.27. The molecule has 1 aliphatic heterocycles. The van der Waals surface area contributed by atoms with E-state index in [1.54, 1.807) is 0 Å². The number of aliphatic hydroxyl groups is 1. The minimum absolute atomic E-state index is 0.0660. The molecule has 0 aromatic carbocycles. The van der Waals surface area contributed by atoms with Crippen molar-refractivity contribution in [2.45, 2.75) is 63.5 Å². The van der Waals surface area contributed by atoms with Crippen molar-refractivity contribution in [1.82, 2.24) is 29.8 Å². The Morgan fingerprint density at radius 2 is 1.84 bits per heavy atom. The van der Waals surface area contributed by atoms with Gasteiger partial charge in [-0.05, 0) is 38.8 Å². The van der Waals surface area contributed by atoms with Crippen LogP contribution in [0, 0.1) is 0 Å². The topological polar surface area (TPSA) is 93.1 Å². The third kappa shape index (κ3) is 3.46. The number of aliphatic hydroxyl groups excluding tert-OH is 1. The van der Waals surface area contributed by atoms with Gasteiger partial charge in [0.1, 0.15) is 12.4 Å².